The second-order valence-electron chi connectivity index (χ2n) is 5.53. The fraction of sp³-hybridized carbons (Fsp3) is 0.533. The minimum absolute atomic E-state index is 0.0828. The molecule has 6 heteroatoms. The van der Waals surface area contributed by atoms with Crippen molar-refractivity contribution in [2.45, 2.75) is 43.5 Å². The van der Waals surface area contributed by atoms with Gasteiger partial charge in [-0.3, -0.25) is 4.79 Å². The van der Waals surface area contributed by atoms with Crippen LogP contribution in [0, 0.1) is 5.92 Å². The topological polar surface area (TPSA) is 83.5 Å². The molecule has 1 aromatic rings. The molecule has 1 saturated carbocycles. The van der Waals surface area contributed by atoms with Crippen LogP contribution >= 0.6 is 0 Å². The maximum absolute atomic E-state index is 11.9. The van der Waals surface area contributed by atoms with Gasteiger partial charge < -0.3 is 10.4 Å². The molecule has 1 aliphatic rings. The molecule has 116 valence electrons. The first-order chi connectivity index (χ1) is 9.92. The third kappa shape index (κ3) is 4.46. The monoisotopic (exact) mass is 311 g/mol. The minimum Gasteiger partial charge on any atom is -0.481 e. The molecule has 0 amide bonds. The lowest BCUT2D eigenvalue weighted by molar-refractivity contribution is -0.137. The molecule has 1 fully saturated rings. The van der Waals surface area contributed by atoms with Crippen molar-refractivity contribution in [1.82, 2.24) is 0 Å². The third-order valence-electron chi connectivity index (χ3n) is 3.62. The highest BCUT2D eigenvalue weighted by atomic mass is 32.2. The van der Waals surface area contributed by atoms with Gasteiger partial charge in [0.05, 0.1) is 17.1 Å². The van der Waals surface area contributed by atoms with Gasteiger partial charge in [-0.2, -0.15) is 0 Å². The predicted octanol–water partition coefficient (Wildman–Crippen LogP) is 2.54. The summed E-state index contributed by atoms with van der Waals surface area (Å²) in [5.74, 6) is -0.269. The number of nitrogens with one attached hydrogen (secondary N) is 1. The Labute approximate surface area is 125 Å². The van der Waals surface area contributed by atoms with Gasteiger partial charge in [0, 0.05) is 11.7 Å². The summed E-state index contributed by atoms with van der Waals surface area (Å²) >= 11 is 0. The number of sulfone groups is 1. The summed E-state index contributed by atoms with van der Waals surface area (Å²) in [6, 6.07) is 6.50. The Balaban J connectivity index is 2.06. The Kier molecular flexibility index (Phi) is 4.88. The van der Waals surface area contributed by atoms with Crippen LogP contribution in [0.5, 0.6) is 0 Å². The SMILES string of the molecule is CCCS(=O)(=O)c1ccc(NC(CC(=O)O)C2CC2)cc1. The van der Waals surface area contributed by atoms with Crippen LogP contribution in [0.25, 0.3) is 0 Å². The zero-order chi connectivity index (χ0) is 15.5. The normalized spacial score (nSPS) is 16.4. The molecule has 2 N–H and O–H groups in total. The maximum Gasteiger partial charge on any atom is 0.305 e. The van der Waals surface area contributed by atoms with E-state index in [0.717, 1.165) is 18.5 Å². The molecule has 0 heterocycles. The van der Waals surface area contributed by atoms with Crippen molar-refractivity contribution in [1.29, 1.82) is 0 Å². The molecule has 1 atom stereocenters. The number of hydrogen-bond acceptors (Lipinski definition) is 4. The van der Waals surface area contributed by atoms with Crippen LogP contribution < -0.4 is 5.32 Å². The van der Waals surface area contributed by atoms with E-state index >= 15 is 0 Å². The fourth-order valence-electron chi connectivity index (χ4n) is 2.38. The molecule has 1 unspecified atom stereocenters. The van der Waals surface area contributed by atoms with Crippen molar-refractivity contribution in [3.05, 3.63) is 24.3 Å². The van der Waals surface area contributed by atoms with Gasteiger partial charge in [0.25, 0.3) is 0 Å². The molecule has 21 heavy (non-hydrogen) atoms. The first kappa shape index (κ1) is 15.8. The van der Waals surface area contributed by atoms with Crippen LogP contribution in [0.1, 0.15) is 32.6 Å². The van der Waals surface area contributed by atoms with E-state index in [9.17, 15) is 13.2 Å². The van der Waals surface area contributed by atoms with Crippen LogP contribution in [0.3, 0.4) is 0 Å². The Morgan fingerprint density at radius 1 is 1.33 bits per heavy atom. The number of benzene rings is 1. The first-order valence-electron chi connectivity index (χ1n) is 7.23. The molecule has 0 aromatic heterocycles. The molecular formula is C15H21NO4S. The second-order valence-corrected chi connectivity index (χ2v) is 7.64. The summed E-state index contributed by atoms with van der Waals surface area (Å²) in [6.45, 7) is 1.83. The zero-order valence-corrected chi connectivity index (χ0v) is 12.9. The Hall–Kier alpha value is -1.56. The summed E-state index contributed by atoms with van der Waals surface area (Å²) in [7, 11) is -3.20. The second kappa shape index (κ2) is 6.47. The molecule has 0 bridgehead atoms. The summed E-state index contributed by atoms with van der Waals surface area (Å²) in [4.78, 5) is 11.2. The highest BCUT2D eigenvalue weighted by molar-refractivity contribution is 7.91. The fourth-order valence-corrected chi connectivity index (χ4v) is 3.71. The average molecular weight is 311 g/mol. The zero-order valence-electron chi connectivity index (χ0n) is 12.1. The maximum atomic E-state index is 11.9. The van der Waals surface area contributed by atoms with E-state index in [0.29, 0.717) is 17.2 Å². The van der Waals surface area contributed by atoms with Crippen molar-refractivity contribution in [2.75, 3.05) is 11.1 Å². The van der Waals surface area contributed by atoms with E-state index in [1.165, 1.54) is 0 Å². The number of carbonyl (C=O) groups is 1. The highest BCUT2D eigenvalue weighted by Crippen LogP contribution is 2.35. The van der Waals surface area contributed by atoms with E-state index in [1.807, 2.05) is 6.92 Å². The van der Waals surface area contributed by atoms with Crippen LogP contribution in [0.15, 0.2) is 29.2 Å². The summed E-state index contributed by atoms with van der Waals surface area (Å²) in [5, 5.41) is 12.1. The molecule has 5 nitrogen and oxygen atoms in total. The number of rotatable bonds is 8. The van der Waals surface area contributed by atoms with Gasteiger partial charge in [0.2, 0.25) is 0 Å². The van der Waals surface area contributed by atoms with E-state index in [1.54, 1.807) is 24.3 Å². The summed E-state index contributed by atoms with van der Waals surface area (Å²) in [6.07, 6.45) is 2.77. The summed E-state index contributed by atoms with van der Waals surface area (Å²) < 4.78 is 23.9. The lowest BCUT2D eigenvalue weighted by atomic mass is 10.1. The molecule has 2 rings (SSSR count). The molecule has 1 aromatic carbocycles. The van der Waals surface area contributed by atoms with Gasteiger partial charge in [-0.05, 0) is 49.4 Å². The van der Waals surface area contributed by atoms with Crippen molar-refractivity contribution < 1.29 is 18.3 Å². The summed E-state index contributed by atoms with van der Waals surface area (Å²) in [5.41, 5.74) is 0.767. The van der Waals surface area contributed by atoms with Crippen LogP contribution in [0.4, 0.5) is 5.69 Å². The van der Waals surface area contributed by atoms with Crippen LogP contribution in [0.2, 0.25) is 0 Å². The number of carboxylic acids is 1. The lowest BCUT2D eigenvalue weighted by Gasteiger charge is -2.17. The molecule has 1 aliphatic carbocycles. The number of aliphatic carboxylic acids is 1. The van der Waals surface area contributed by atoms with Gasteiger partial charge in [-0.15, -0.1) is 0 Å². The predicted molar refractivity (Wildman–Crippen MR) is 81.2 cm³/mol. The van der Waals surface area contributed by atoms with E-state index in [4.69, 9.17) is 5.11 Å². The largest absolute Gasteiger partial charge is 0.481 e. The molecule has 0 radical (unpaired) electrons. The van der Waals surface area contributed by atoms with Crippen molar-refractivity contribution in [3.63, 3.8) is 0 Å². The van der Waals surface area contributed by atoms with Gasteiger partial charge in [-0.25, -0.2) is 8.42 Å². The molecule has 0 spiro atoms. The van der Waals surface area contributed by atoms with Crippen molar-refractivity contribution >= 4 is 21.5 Å². The lowest BCUT2D eigenvalue weighted by Crippen LogP contribution is -2.25. The van der Waals surface area contributed by atoms with Crippen molar-refractivity contribution in [2.24, 2.45) is 5.92 Å². The van der Waals surface area contributed by atoms with Crippen LogP contribution in [-0.4, -0.2) is 31.3 Å². The van der Waals surface area contributed by atoms with Gasteiger partial charge in [-0.1, -0.05) is 6.92 Å². The molecule has 0 saturated heterocycles. The quantitative estimate of drug-likeness (QED) is 0.771. The van der Waals surface area contributed by atoms with E-state index in [2.05, 4.69) is 5.32 Å². The van der Waals surface area contributed by atoms with Crippen molar-refractivity contribution in [3.8, 4) is 0 Å². The minimum atomic E-state index is -3.20. The van der Waals surface area contributed by atoms with E-state index < -0.39 is 15.8 Å². The Bertz CT molecular complexity index is 591. The Morgan fingerprint density at radius 3 is 2.43 bits per heavy atom. The number of hydrogen-bond donors (Lipinski definition) is 2. The smallest absolute Gasteiger partial charge is 0.305 e. The van der Waals surface area contributed by atoms with Gasteiger partial charge in [0.1, 0.15) is 0 Å². The third-order valence-corrected chi connectivity index (χ3v) is 5.56. The standard InChI is InChI=1S/C15H21NO4S/c1-2-9-21(19,20)13-7-5-12(6-8-13)16-14(10-15(17)18)11-3-4-11/h5-8,11,14,16H,2-4,9-10H2,1H3,(H,17,18). The van der Waals surface area contributed by atoms with Crippen LogP contribution in [-0.2, 0) is 14.6 Å². The Morgan fingerprint density at radius 2 is 1.95 bits per heavy atom. The highest BCUT2D eigenvalue weighted by Gasteiger charge is 2.32. The average Bonchev–Trinajstić information content (AvgIpc) is 3.22. The first-order valence-corrected chi connectivity index (χ1v) is 8.88. The van der Waals surface area contributed by atoms with Gasteiger partial charge >= 0.3 is 5.97 Å². The molecule has 0 aliphatic heterocycles. The molecular weight excluding hydrogens is 290 g/mol. The number of carboxylic acid groups (broad SMARTS) is 1. The number of anilines is 1. The van der Waals surface area contributed by atoms with Gasteiger partial charge in [0.15, 0.2) is 9.84 Å². The van der Waals surface area contributed by atoms with E-state index in [-0.39, 0.29) is 18.2 Å².